The Morgan fingerprint density at radius 2 is 1.73 bits per heavy atom. The second-order valence-electron chi connectivity index (χ2n) is 2.34. The molecule has 0 amide bonds. The minimum Gasteiger partial charge on any atom is -0.436 e. The summed E-state index contributed by atoms with van der Waals surface area (Å²) in [6.07, 6.45) is -1.11. The van der Waals surface area contributed by atoms with Crippen molar-refractivity contribution < 1.29 is 29.1 Å². The minimum atomic E-state index is -1.11. The fraction of sp³-hybridized carbons (Fsp3) is 0.111. The number of carbonyl (C=O) groups is 2. The molecule has 1 aromatic rings. The van der Waals surface area contributed by atoms with E-state index in [0.717, 1.165) is 7.11 Å². The van der Waals surface area contributed by atoms with Crippen LogP contribution in [0.2, 0.25) is 0 Å². The zero-order valence-corrected chi connectivity index (χ0v) is 7.84. The van der Waals surface area contributed by atoms with Gasteiger partial charge in [-0.1, -0.05) is 18.2 Å². The summed E-state index contributed by atoms with van der Waals surface area (Å²) in [7, 11) is 1.09. The summed E-state index contributed by atoms with van der Waals surface area (Å²) in [5.41, 5.74) is 0.269. The molecule has 0 aromatic heterocycles. The summed E-state index contributed by atoms with van der Waals surface area (Å²) in [5, 5.41) is 3.88. The van der Waals surface area contributed by atoms with Crippen molar-refractivity contribution in [3.05, 3.63) is 35.9 Å². The van der Waals surface area contributed by atoms with E-state index >= 15 is 0 Å². The summed E-state index contributed by atoms with van der Waals surface area (Å²) in [6.45, 7) is 0. The molecule has 0 bridgehead atoms. The van der Waals surface area contributed by atoms with Gasteiger partial charge in [0.1, 0.15) is 0 Å². The number of carbonyl (C=O) groups excluding carboxylic acids is 2. The van der Waals surface area contributed by atoms with E-state index in [0.29, 0.717) is 0 Å². The molecule has 0 saturated heterocycles. The van der Waals surface area contributed by atoms with Crippen LogP contribution in [0.1, 0.15) is 10.4 Å². The van der Waals surface area contributed by atoms with E-state index in [1.54, 1.807) is 18.2 Å². The molecule has 1 rings (SSSR count). The van der Waals surface area contributed by atoms with Crippen molar-refractivity contribution in [1.82, 2.24) is 0 Å². The van der Waals surface area contributed by atoms with Crippen molar-refractivity contribution in [2.75, 3.05) is 7.11 Å². The lowest BCUT2D eigenvalue weighted by molar-refractivity contribution is -0.451. The van der Waals surface area contributed by atoms with E-state index in [1.165, 1.54) is 12.1 Å². The first-order valence-corrected chi connectivity index (χ1v) is 3.92. The van der Waals surface area contributed by atoms with E-state index in [1.807, 2.05) is 0 Å². The molecule has 0 fully saturated rings. The highest BCUT2D eigenvalue weighted by Crippen LogP contribution is 2.01. The molecule has 6 nitrogen and oxygen atoms in total. The van der Waals surface area contributed by atoms with Crippen molar-refractivity contribution in [2.24, 2.45) is 0 Å². The molecule has 0 aliphatic carbocycles. The van der Waals surface area contributed by atoms with E-state index in [-0.39, 0.29) is 5.56 Å². The lowest BCUT2D eigenvalue weighted by atomic mass is 10.2. The molecular weight excluding hydrogens is 204 g/mol. The monoisotopic (exact) mass is 212 g/mol. The third kappa shape index (κ3) is 3.65. The lowest BCUT2D eigenvalue weighted by Crippen LogP contribution is -2.10. The van der Waals surface area contributed by atoms with Crippen molar-refractivity contribution in [1.29, 1.82) is 0 Å². The third-order valence-electron chi connectivity index (χ3n) is 1.39. The van der Waals surface area contributed by atoms with Crippen LogP contribution in [0, 0.1) is 0 Å². The zero-order valence-electron chi connectivity index (χ0n) is 7.84. The van der Waals surface area contributed by atoms with Gasteiger partial charge in [0.25, 0.3) is 0 Å². The minimum absolute atomic E-state index is 0.269. The molecule has 0 unspecified atom stereocenters. The first-order chi connectivity index (χ1) is 7.24. The van der Waals surface area contributed by atoms with Gasteiger partial charge in [-0.05, 0) is 12.1 Å². The Balaban J connectivity index is 2.34. The van der Waals surface area contributed by atoms with Gasteiger partial charge in [0.2, 0.25) is 0 Å². The third-order valence-corrected chi connectivity index (χ3v) is 1.39. The van der Waals surface area contributed by atoms with E-state index < -0.39 is 12.1 Å². The zero-order chi connectivity index (χ0) is 11.1. The summed E-state index contributed by atoms with van der Waals surface area (Å²) in [4.78, 5) is 29.5. The van der Waals surface area contributed by atoms with Gasteiger partial charge in [0.05, 0.1) is 17.7 Å². The first kappa shape index (κ1) is 11.0. The largest absolute Gasteiger partial charge is 0.543 e. The van der Waals surface area contributed by atoms with Crippen molar-refractivity contribution >= 4 is 12.1 Å². The van der Waals surface area contributed by atoms with Crippen LogP contribution >= 0.6 is 0 Å². The number of hydrogen-bond donors (Lipinski definition) is 0. The molecule has 6 heteroatoms. The van der Waals surface area contributed by atoms with Crippen molar-refractivity contribution in [3.8, 4) is 0 Å². The maximum absolute atomic E-state index is 11.1. The summed E-state index contributed by atoms with van der Waals surface area (Å²) in [5.74, 6) is -0.778. The number of ether oxygens (including phenoxy) is 1. The summed E-state index contributed by atoms with van der Waals surface area (Å²) in [6, 6.07) is 8.08. The molecule has 0 saturated carbocycles. The topological polar surface area (TPSA) is 71.1 Å². The number of benzene rings is 1. The highest BCUT2D eigenvalue weighted by atomic mass is 17.5. The molecular formula is C9H8O6. The predicted molar refractivity (Wildman–Crippen MR) is 46.4 cm³/mol. The molecule has 0 atom stereocenters. The summed E-state index contributed by atoms with van der Waals surface area (Å²) >= 11 is 0. The molecule has 0 N–H and O–H groups in total. The fourth-order valence-corrected chi connectivity index (χ4v) is 0.732. The number of hydrogen-bond acceptors (Lipinski definition) is 6. The first-order valence-electron chi connectivity index (χ1n) is 3.92. The van der Waals surface area contributed by atoms with Crippen LogP contribution in [0.25, 0.3) is 0 Å². The Morgan fingerprint density at radius 3 is 2.33 bits per heavy atom. The van der Waals surface area contributed by atoms with Gasteiger partial charge in [-0.15, -0.1) is 0 Å². The average Bonchev–Trinajstić information content (AvgIpc) is 2.29. The molecule has 0 radical (unpaired) electrons. The predicted octanol–water partition coefficient (Wildman–Crippen LogP) is 1.47. The van der Waals surface area contributed by atoms with Gasteiger partial charge in [-0.25, -0.2) is 14.5 Å². The fourth-order valence-electron chi connectivity index (χ4n) is 0.732. The van der Waals surface area contributed by atoms with Crippen LogP contribution in [0.5, 0.6) is 0 Å². The lowest BCUT2D eigenvalue weighted by Gasteiger charge is -2.00. The van der Waals surface area contributed by atoms with Crippen LogP contribution < -0.4 is 0 Å². The quantitative estimate of drug-likeness (QED) is 0.429. The maximum Gasteiger partial charge on any atom is 0.543 e. The molecule has 0 spiro atoms. The van der Waals surface area contributed by atoms with Gasteiger partial charge in [0.15, 0.2) is 0 Å². The maximum atomic E-state index is 11.1. The SMILES string of the molecule is COC(=O)OOOC(=O)c1ccccc1. The van der Waals surface area contributed by atoms with Gasteiger partial charge in [-0.3, -0.25) is 4.89 Å². The van der Waals surface area contributed by atoms with Crippen LogP contribution in [0.15, 0.2) is 30.3 Å². The van der Waals surface area contributed by atoms with Crippen LogP contribution in [0.4, 0.5) is 4.79 Å². The second-order valence-corrected chi connectivity index (χ2v) is 2.34. The Kier molecular flexibility index (Phi) is 4.11. The Morgan fingerprint density at radius 1 is 1.07 bits per heavy atom. The van der Waals surface area contributed by atoms with Gasteiger partial charge < -0.3 is 4.74 Å². The molecule has 1 aromatic carbocycles. The second kappa shape index (κ2) is 5.61. The van der Waals surface area contributed by atoms with Crippen LogP contribution in [-0.2, 0) is 19.6 Å². The number of rotatable bonds is 3. The average molecular weight is 212 g/mol. The van der Waals surface area contributed by atoms with Gasteiger partial charge in [-0.2, -0.15) is 0 Å². The summed E-state index contributed by atoms with van der Waals surface area (Å²) < 4.78 is 4.06. The van der Waals surface area contributed by atoms with E-state index in [4.69, 9.17) is 0 Å². The Labute approximate surface area is 85.2 Å². The number of methoxy groups -OCH3 is 1. The van der Waals surface area contributed by atoms with Crippen LogP contribution in [-0.4, -0.2) is 19.2 Å². The Hall–Kier alpha value is -2.08. The highest BCUT2D eigenvalue weighted by molar-refractivity contribution is 5.88. The smallest absolute Gasteiger partial charge is 0.436 e. The van der Waals surface area contributed by atoms with Crippen LogP contribution in [0.3, 0.4) is 0 Å². The molecule has 80 valence electrons. The van der Waals surface area contributed by atoms with E-state index in [9.17, 15) is 9.59 Å². The standard InChI is InChI=1S/C9H8O6/c1-12-9(11)14-15-13-8(10)7-5-3-2-4-6-7/h2-6H,1H3. The van der Waals surface area contributed by atoms with Gasteiger partial charge in [0, 0.05) is 0 Å². The molecule has 15 heavy (non-hydrogen) atoms. The van der Waals surface area contributed by atoms with Crippen molar-refractivity contribution in [3.63, 3.8) is 0 Å². The molecule has 0 aliphatic heterocycles. The van der Waals surface area contributed by atoms with Crippen molar-refractivity contribution in [2.45, 2.75) is 0 Å². The van der Waals surface area contributed by atoms with Gasteiger partial charge >= 0.3 is 12.1 Å². The highest BCUT2D eigenvalue weighted by Gasteiger charge is 2.09. The molecule has 0 aliphatic rings. The van der Waals surface area contributed by atoms with E-state index in [2.05, 4.69) is 19.6 Å². The molecule has 0 heterocycles. The normalized spacial score (nSPS) is 9.13. The Bertz CT molecular complexity index is 334.